The van der Waals surface area contributed by atoms with Gasteiger partial charge in [-0.3, -0.25) is 9.69 Å². The fraction of sp³-hybridized carbons (Fsp3) is 0.500. The van der Waals surface area contributed by atoms with E-state index in [1.165, 1.54) is 0 Å². The van der Waals surface area contributed by atoms with Crippen molar-refractivity contribution >= 4 is 17.3 Å². The number of aliphatic hydroxyl groups excluding tert-OH is 1. The van der Waals surface area contributed by atoms with E-state index in [1.807, 2.05) is 25.1 Å². The van der Waals surface area contributed by atoms with Crippen LogP contribution in [0.5, 0.6) is 0 Å². The molecule has 2 rings (SSSR count). The fourth-order valence-electron chi connectivity index (χ4n) is 2.26. The molecule has 104 valence electrons. The maximum atomic E-state index is 12.0. The highest BCUT2D eigenvalue weighted by Crippen LogP contribution is 2.20. The third kappa shape index (κ3) is 3.68. The van der Waals surface area contributed by atoms with Gasteiger partial charge in [-0.15, -0.1) is 0 Å². The number of carbonyl (C=O) groups excluding carboxylic acids is 1. The van der Waals surface area contributed by atoms with Gasteiger partial charge in [-0.1, -0.05) is 6.07 Å². The number of hydrogen-bond acceptors (Lipinski definition) is 4. The lowest BCUT2D eigenvalue weighted by molar-refractivity contribution is -0.117. The Bertz CT molecular complexity index is 454. The van der Waals surface area contributed by atoms with E-state index < -0.39 is 0 Å². The molecule has 5 nitrogen and oxygen atoms in total. The zero-order valence-electron chi connectivity index (χ0n) is 11.2. The van der Waals surface area contributed by atoms with Crippen LogP contribution in [0.4, 0.5) is 11.4 Å². The second kappa shape index (κ2) is 6.04. The van der Waals surface area contributed by atoms with Gasteiger partial charge in [-0.25, -0.2) is 0 Å². The van der Waals surface area contributed by atoms with Crippen molar-refractivity contribution < 1.29 is 9.90 Å². The maximum absolute atomic E-state index is 12.0. The quantitative estimate of drug-likeness (QED) is 0.710. The Morgan fingerprint density at radius 1 is 1.47 bits per heavy atom. The molecule has 0 atom stereocenters. The van der Waals surface area contributed by atoms with Crippen LogP contribution in [0.1, 0.15) is 18.4 Å². The zero-order valence-corrected chi connectivity index (χ0v) is 11.2. The lowest BCUT2D eigenvalue weighted by Crippen LogP contribution is -2.40. The first kappa shape index (κ1) is 13.8. The first-order chi connectivity index (χ1) is 9.06. The summed E-state index contributed by atoms with van der Waals surface area (Å²) >= 11 is 0. The van der Waals surface area contributed by atoms with E-state index in [4.69, 9.17) is 5.73 Å². The van der Waals surface area contributed by atoms with Gasteiger partial charge in [0.05, 0.1) is 12.6 Å². The van der Waals surface area contributed by atoms with Crippen molar-refractivity contribution in [2.75, 3.05) is 30.7 Å². The number of nitrogen functional groups attached to an aromatic ring is 1. The summed E-state index contributed by atoms with van der Waals surface area (Å²) in [6.45, 7) is 3.79. The van der Waals surface area contributed by atoms with E-state index in [0.717, 1.165) is 37.2 Å². The SMILES string of the molecule is Cc1c(N)cccc1NC(=O)CN1CCC(O)CC1. The summed E-state index contributed by atoms with van der Waals surface area (Å²) in [6.07, 6.45) is 1.27. The van der Waals surface area contributed by atoms with Crippen LogP contribution in [0.15, 0.2) is 18.2 Å². The minimum atomic E-state index is -0.213. The molecule has 0 bridgehead atoms. The zero-order chi connectivity index (χ0) is 13.8. The highest BCUT2D eigenvalue weighted by atomic mass is 16.3. The van der Waals surface area contributed by atoms with Crippen molar-refractivity contribution in [3.8, 4) is 0 Å². The van der Waals surface area contributed by atoms with Gasteiger partial charge in [0.15, 0.2) is 0 Å². The Hall–Kier alpha value is -1.59. The van der Waals surface area contributed by atoms with Crippen LogP contribution in [0.25, 0.3) is 0 Å². The summed E-state index contributed by atoms with van der Waals surface area (Å²) < 4.78 is 0. The molecule has 0 aromatic heterocycles. The van der Waals surface area contributed by atoms with Crippen LogP contribution < -0.4 is 11.1 Å². The van der Waals surface area contributed by atoms with Crippen molar-refractivity contribution in [3.63, 3.8) is 0 Å². The molecule has 4 N–H and O–H groups in total. The number of rotatable bonds is 3. The van der Waals surface area contributed by atoms with E-state index in [2.05, 4.69) is 10.2 Å². The number of anilines is 2. The number of likely N-dealkylation sites (tertiary alicyclic amines) is 1. The Labute approximate surface area is 113 Å². The fourth-order valence-corrected chi connectivity index (χ4v) is 2.26. The van der Waals surface area contributed by atoms with Gasteiger partial charge in [-0.05, 0) is 37.5 Å². The third-order valence-electron chi connectivity index (χ3n) is 3.57. The van der Waals surface area contributed by atoms with Gasteiger partial charge in [0.2, 0.25) is 5.91 Å². The molecule has 1 fully saturated rings. The second-order valence-corrected chi connectivity index (χ2v) is 5.08. The van der Waals surface area contributed by atoms with Gasteiger partial charge in [0.25, 0.3) is 0 Å². The minimum Gasteiger partial charge on any atom is -0.398 e. The number of amides is 1. The topological polar surface area (TPSA) is 78.6 Å². The average Bonchev–Trinajstić information content (AvgIpc) is 2.38. The molecule has 1 amide bonds. The second-order valence-electron chi connectivity index (χ2n) is 5.08. The Kier molecular flexibility index (Phi) is 4.39. The normalized spacial score (nSPS) is 17.4. The first-order valence-electron chi connectivity index (χ1n) is 6.61. The standard InChI is InChI=1S/C14H21N3O2/c1-10-12(15)3-2-4-13(10)16-14(19)9-17-7-5-11(18)6-8-17/h2-4,11,18H,5-9,15H2,1H3,(H,16,19). The molecule has 0 saturated carbocycles. The smallest absolute Gasteiger partial charge is 0.238 e. The Morgan fingerprint density at radius 3 is 2.84 bits per heavy atom. The molecule has 1 saturated heterocycles. The van der Waals surface area contributed by atoms with Crippen LogP contribution in [0, 0.1) is 6.92 Å². The maximum Gasteiger partial charge on any atom is 0.238 e. The van der Waals surface area contributed by atoms with Crippen LogP contribution in [-0.4, -0.2) is 41.7 Å². The lowest BCUT2D eigenvalue weighted by Gasteiger charge is -2.28. The van der Waals surface area contributed by atoms with Crippen LogP contribution in [0.2, 0.25) is 0 Å². The van der Waals surface area contributed by atoms with Crippen molar-refractivity contribution in [2.24, 2.45) is 0 Å². The number of nitrogens with zero attached hydrogens (tertiary/aromatic N) is 1. The molecule has 5 heteroatoms. The number of nitrogens with two attached hydrogens (primary N) is 1. The van der Waals surface area contributed by atoms with Gasteiger partial charge in [-0.2, -0.15) is 0 Å². The molecule has 1 aliphatic heterocycles. The summed E-state index contributed by atoms with van der Waals surface area (Å²) in [5.74, 6) is -0.0370. The summed E-state index contributed by atoms with van der Waals surface area (Å²) in [6, 6.07) is 5.50. The predicted molar refractivity (Wildman–Crippen MR) is 75.9 cm³/mol. The summed E-state index contributed by atoms with van der Waals surface area (Å²) in [5, 5.41) is 12.3. The van der Waals surface area contributed by atoms with Crippen LogP contribution in [-0.2, 0) is 4.79 Å². The van der Waals surface area contributed by atoms with Gasteiger partial charge < -0.3 is 16.2 Å². The summed E-state index contributed by atoms with van der Waals surface area (Å²) in [7, 11) is 0. The summed E-state index contributed by atoms with van der Waals surface area (Å²) in [4.78, 5) is 14.0. The molecular weight excluding hydrogens is 242 g/mol. The highest BCUT2D eigenvalue weighted by Gasteiger charge is 2.19. The molecule has 1 aromatic rings. The molecule has 0 aliphatic carbocycles. The monoisotopic (exact) mass is 263 g/mol. The number of nitrogens with one attached hydrogen (secondary N) is 1. The lowest BCUT2D eigenvalue weighted by atomic mass is 10.1. The Balaban J connectivity index is 1.89. The van der Waals surface area contributed by atoms with Crippen LogP contribution >= 0.6 is 0 Å². The summed E-state index contributed by atoms with van der Waals surface area (Å²) in [5.41, 5.74) is 8.15. The molecule has 1 heterocycles. The molecular formula is C14H21N3O2. The molecule has 1 aliphatic rings. The Morgan fingerprint density at radius 2 is 2.16 bits per heavy atom. The van der Waals surface area contributed by atoms with Crippen molar-refractivity contribution in [3.05, 3.63) is 23.8 Å². The van der Waals surface area contributed by atoms with Crippen LogP contribution in [0.3, 0.4) is 0 Å². The number of aliphatic hydroxyl groups is 1. The van der Waals surface area contributed by atoms with E-state index in [-0.39, 0.29) is 12.0 Å². The van der Waals surface area contributed by atoms with Gasteiger partial charge in [0.1, 0.15) is 0 Å². The largest absolute Gasteiger partial charge is 0.398 e. The minimum absolute atomic E-state index is 0.0370. The van der Waals surface area contributed by atoms with E-state index in [9.17, 15) is 9.90 Å². The molecule has 19 heavy (non-hydrogen) atoms. The van der Waals surface area contributed by atoms with Crippen molar-refractivity contribution in [2.45, 2.75) is 25.9 Å². The molecule has 1 aromatic carbocycles. The number of piperidine rings is 1. The first-order valence-corrected chi connectivity index (χ1v) is 6.61. The van der Waals surface area contributed by atoms with Crippen molar-refractivity contribution in [1.82, 2.24) is 4.90 Å². The highest BCUT2D eigenvalue weighted by molar-refractivity contribution is 5.93. The van der Waals surface area contributed by atoms with Crippen molar-refractivity contribution in [1.29, 1.82) is 0 Å². The van der Waals surface area contributed by atoms with E-state index >= 15 is 0 Å². The molecule has 0 unspecified atom stereocenters. The number of carbonyl (C=O) groups is 1. The number of hydrogen-bond donors (Lipinski definition) is 3. The van der Waals surface area contributed by atoms with E-state index in [1.54, 1.807) is 0 Å². The predicted octanol–water partition coefficient (Wildman–Crippen LogP) is 0.972. The average molecular weight is 263 g/mol. The third-order valence-corrected chi connectivity index (χ3v) is 3.57. The van der Waals surface area contributed by atoms with Gasteiger partial charge >= 0.3 is 0 Å². The van der Waals surface area contributed by atoms with E-state index in [0.29, 0.717) is 12.2 Å². The number of benzene rings is 1. The molecule has 0 spiro atoms. The molecule has 0 radical (unpaired) electrons. The van der Waals surface area contributed by atoms with Gasteiger partial charge in [0, 0.05) is 24.5 Å².